The van der Waals surface area contributed by atoms with Gasteiger partial charge in [-0.15, -0.1) is 0 Å². The van der Waals surface area contributed by atoms with Crippen LogP contribution in [0.5, 0.6) is 0 Å². The fourth-order valence-corrected chi connectivity index (χ4v) is 2.04. The molecule has 21 heavy (non-hydrogen) atoms. The standard InChI is InChI=1S/C16H24N2O3/c1-12(2)18(9-8-16(20)21-4)11-14-6-5-7-15(10-14)17-13(3)19/h5-7,10,12H,8-9,11H2,1-4H3,(H,17,19). The molecule has 0 aliphatic carbocycles. The summed E-state index contributed by atoms with van der Waals surface area (Å²) >= 11 is 0. The minimum absolute atomic E-state index is 0.0847. The lowest BCUT2D eigenvalue weighted by Crippen LogP contribution is -2.32. The average molecular weight is 292 g/mol. The fourth-order valence-electron chi connectivity index (χ4n) is 2.04. The highest BCUT2D eigenvalue weighted by Crippen LogP contribution is 2.14. The minimum atomic E-state index is -0.201. The van der Waals surface area contributed by atoms with Crippen LogP contribution in [0.4, 0.5) is 5.69 Å². The third-order valence-electron chi connectivity index (χ3n) is 3.19. The van der Waals surface area contributed by atoms with Gasteiger partial charge < -0.3 is 10.1 Å². The maximum Gasteiger partial charge on any atom is 0.306 e. The molecule has 1 aromatic carbocycles. The smallest absolute Gasteiger partial charge is 0.306 e. The van der Waals surface area contributed by atoms with Crippen molar-refractivity contribution in [3.63, 3.8) is 0 Å². The Morgan fingerprint density at radius 1 is 1.33 bits per heavy atom. The second-order valence-corrected chi connectivity index (χ2v) is 5.27. The number of anilines is 1. The number of carbonyl (C=O) groups is 2. The molecule has 1 N–H and O–H groups in total. The van der Waals surface area contributed by atoms with Crippen molar-refractivity contribution < 1.29 is 14.3 Å². The monoisotopic (exact) mass is 292 g/mol. The van der Waals surface area contributed by atoms with Gasteiger partial charge in [0.25, 0.3) is 0 Å². The molecule has 1 amide bonds. The molecular weight excluding hydrogens is 268 g/mol. The number of nitrogens with zero attached hydrogens (tertiary/aromatic N) is 1. The summed E-state index contributed by atoms with van der Waals surface area (Å²) in [4.78, 5) is 24.6. The maximum absolute atomic E-state index is 11.3. The molecular formula is C16H24N2O3. The van der Waals surface area contributed by atoms with Gasteiger partial charge in [0.2, 0.25) is 5.91 Å². The van der Waals surface area contributed by atoms with Crippen LogP contribution in [-0.2, 0) is 20.9 Å². The topological polar surface area (TPSA) is 58.6 Å². The van der Waals surface area contributed by atoms with Crippen molar-refractivity contribution in [1.82, 2.24) is 4.90 Å². The second kappa shape index (κ2) is 8.42. The van der Waals surface area contributed by atoms with E-state index >= 15 is 0 Å². The number of benzene rings is 1. The van der Waals surface area contributed by atoms with Crippen LogP contribution in [0.2, 0.25) is 0 Å². The highest BCUT2D eigenvalue weighted by atomic mass is 16.5. The zero-order valence-corrected chi connectivity index (χ0v) is 13.2. The molecule has 0 bridgehead atoms. The average Bonchev–Trinajstić information content (AvgIpc) is 2.42. The Kier molecular flexibility index (Phi) is 6.88. The molecule has 0 radical (unpaired) electrons. The molecule has 1 aromatic rings. The Hall–Kier alpha value is -1.88. The molecule has 5 nitrogen and oxygen atoms in total. The van der Waals surface area contributed by atoms with Crippen molar-refractivity contribution in [2.24, 2.45) is 0 Å². The zero-order valence-electron chi connectivity index (χ0n) is 13.2. The summed E-state index contributed by atoms with van der Waals surface area (Å²) in [6.45, 7) is 7.05. The van der Waals surface area contributed by atoms with Gasteiger partial charge in [-0.3, -0.25) is 14.5 Å². The molecule has 0 heterocycles. The van der Waals surface area contributed by atoms with Crippen LogP contribution >= 0.6 is 0 Å². The summed E-state index contributed by atoms with van der Waals surface area (Å²) in [6.07, 6.45) is 0.375. The van der Waals surface area contributed by atoms with Crippen molar-refractivity contribution in [3.05, 3.63) is 29.8 Å². The lowest BCUT2D eigenvalue weighted by atomic mass is 10.1. The van der Waals surface area contributed by atoms with E-state index in [1.165, 1.54) is 14.0 Å². The first-order valence-corrected chi connectivity index (χ1v) is 7.09. The zero-order chi connectivity index (χ0) is 15.8. The number of nitrogens with one attached hydrogen (secondary N) is 1. The highest BCUT2D eigenvalue weighted by molar-refractivity contribution is 5.88. The molecule has 0 saturated heterocycles. The normalized spacial score (nSPS) is 10.8. The van der Waals surface area contributed by atoms with Crippen LogP contribution < -0.4 is 5.32 Å². The number of carbonyl (C=O) groups excluding carboxylic acids is 2. The van der Waals surface area contributed by atoms with E-state index < -0.39 is 0 Å². The molecule has 0 unspecified atom stereocenters. The van der Waals surface area contributed by atoms with E-state index in [1.54, 1.807) is 0 Å². The number of rotatable bonds is 7. The summed E-state index contributed by atoms with van der Waals surface area (Å²) in [5.74, 6) is -0.286. The van der Waals surface area contributed by atoms with Crippen molar-refractivity contribution in [2.45, 2.75) is 39.8 Å². The summed E-state index contributed by atoms with van der Waals surface area (Å²) in [5, 5.41) is 2.78. The van der Waals surface area contributed by atoms with Gasteiger partial charge in [0, 0.05) is 31.7 Å². The van der Waals surface area contributed by atoms with E-state index in [0.29, 0.717) is 19.0 Å². The van der Waals surface area contributed by atoms with Crippen LogP contribution in [0.3, 0.4) is 0 Å². The molecule has 0 aromatic heterocycles. The van der Waals surface area contributed by atoms with Gasteiger partial charge in [-0.1, -0.05) is 12.1 Å². The number of ether oxygens (including phenoxy) is 1. The number of hydrogen-bond acceptors (Lipinski definition) is 4. The molecule has 5 heteroatoms. The summed E-state index contributed by atoms with van der Waals surface area (Å²) in [6, 6.07) is 8.06. The molecule has 0 aliphatic heterocycles. The third-order valence-corrected chi connectivity index (χ3v) is 3.19. The Labute approximate surface area is 126 Å². The molecule has 1 rings (SSSR count). The highest BCUT2D eigenvalue weighted by Gasteiger charge is 2.12. The van der Waals surface area contributed by atoms with E-state index in [1.807, 2.05) is 24.3 Å². The van der Waals surface area contributed by atoms with Gasteiger partial charge in [-0.25, -0.2) is 0 Å². The Morgan fingerprint density at radius 2 is 2.05 bits per heavy atom. The molecule has 0 spiro atoms. The van der Waals surface area contributed by atoms with Crippen LogP contribution in [-0.4, -0.2) is 36.5 Å². The van der Waals surface area contributed by atoms with Gasteiger partial charge in [0.15, 0.2) is 0 Å². The number of amides is 1. The molecule has 0 aliphatic rings. The number of methoxy groups -OCH3 is 1. The molecule has 0 fully saturated rings. The number of hydrogen-bond donors (Lipinski definition) is 1. The van der Waals surface area contributed by atoms with Gasteiger partial charge in [0.1, 0.15) is 0 Å². The maximum atomic E-state index is 11.3. The first-order chi connectivity index (χ1) is 9.92. The van der Waals surface area contributed by atoms with Crippen LogP contribution in [0, 0.1) is 0 Å². The largest absolute Gasteiger partial charge is 0.469 e. The van der Waals surface area contributed by atoms with Crippen molar-refractivity contribution in [2.75, 3.05) is 19.0 Å². The van der Waals surface area contributed by atoms with E-state index in [0.717, 1.165) is 17.8 Å². The Bertz CT molecular complexity index is 486. The van der Waals surface area contributed by atoms with Gasteiger partial charge >= 0.3 is 5.97 Å². The van der Waals surface area contributed by atoms with Crippen molar-refractivity contribution in [3.8, 4) is 0 Å². The first-order valence-electron chi connectivity index (χ1n) is 7.09. The van der Waals surface area contributed by atoms with Gasteiger partial charge in [0.05, 0.1) is 13.5 Å². The van der Waals surface area contributed by atoms with E-state index in [9.17, 15) is 9.59 Å². The SMILES string of the molecule is COC(=O)CCN(Cc1cccc(NC(C)=O)c1)C(C)C. The lowest BCUT2D eigenvalue weighted by Gasteiger charge is -2.26. The van der Waals surface area contributed by atoms with Crippen LogP contribution in [0.15, 0.2) is 24.3 Å². The summed E-state index contributed by atoms with van der Waals surface area (Å²) < 4.78 is 4.68. The summed E-state index contributed by atoms with van der Waals surface area (Å²) in [5.41, 5.74) is 1.89. The fraction of sp³-hybridized carbons (Fsp3) is 0.500. The number of esters is 1. The van der Waals surface area contributed by atoms with Gasteiger partial charge in [-0.2, -0.15) is 0 Å². The summed E-state index contributed by atoms with van der Waals surface area (Å²) in [7, 11) is 1.40. The minimum Gasteiger partial charge on any atom is -0.469 e. The Morgan fingerprint density at radius 3 is 2.62 bits per heavy atom. The third kappa shape index (κ3) is 6.40. The van der Waals surface area contributed by atoms with Crippen molar-refractivity contribution in [1.29, 1.82) is 0 Å². The van der Waals surface area contributed by atoms with E-state index in [-0.39, 0.29) is 11.9 Å². The Balaban J connectivity index is 2.70. The predicted octanol–water partition coefficient (Wildman–Crippen LogP) is 2.42. The van der Waals surface area contributed by atoms with Crippen LogP contribution in [0.1, 0.15) is 32.8 Å². The molecule has 0 saturated carbocycles. The predicted molar refractivity (Wildman–Crippen MR) is 82.9 cm³/mol. The quantitative estimate of drug-likeness (QED) is 0.784. The van der Waals surface area contributed by atoms with E-state index in [4.69, 9.17) is 0 Å². The van der Waals surface area contributed by atoms with Crippen LogP contribution in [0.25, 0.3) is 0 Å². The molecule has 116 valence electrons. The second-order valence-electron chi connectivity index (χ2n) is 5.27. The van der Waals surface area contributed by atoms with Crippen molar-refractivity contribution >= 4 is 17.6 Å². The van der Waals surface area contributed by atoms with Gasteiger partial charge in [-0.05, 0) is 31.5 Å². The lowest BCUT2D eigenvalue weighted by molar-refractivity contribution is -0.141. The first kappa shape index (κ1) is 17.2. The molecule has 0 atom stereocenters. The van der Waals surface area contributed by atoms with E-state index in [2.05, 4.69) is 28.8 Å².